The molecule has 1 unspecified atom stereocenters. The highest BCUT2D eigenvalue weighted by molar-refractivity contribution is 6.18. The Balaban J connectivity index is 3.70. The Bertz CT molecular complexity index is 138. The molecule has 0 radical (unpaired) electrons. The molecule has 2 nitrogen and oxygen atoms in total. The second-order valence-corrected chi connectivity index (χ2v) is 3.60. The molecule has 0 aromatic carbocycles. The Morgan fingerprint density at radius 1 is 1.58 bits per heavy atom. The van der Waals surface area contributed by atoms with Crippen LogP contribution in [0, 0.1) is 5.92 Å². The first-order chi connectivity index (χ1) is 5.61. The van der Waals surface area contributed by atoms with E-state index < -0.39 is 0 Å². The minimum atomic E-state index is 0.199. The molecular weight excluding hydrogens is 174 g/mol. The molecule has 0 aromatic rings. The summed E-state index contributed by atoms with van der Waals surface area (Å²) in [5, 5.41) is 0. The van der Waals surface area contributed by atoms with E-state index >= 15 is 0 Å². The number of carbonyl (C=O) groups is 1. The summed E-state index contributed by atoms with van der Waals surface area (Å²) in [6.45, 7) is 4.84. The molecule has 0 heterocycles. The fourth-order valence-electron chi connectivity index (χ4n) is 0.850. The van der Waals surface area contributed by atoms with E-state index in [-0.39, 0.29) is 5.91 Å². The van der Waals surface area contributed by atoms with Crippen LogP contribution in [-0.2, 0) is 4.79 Å². The van der Waals surface area contributed by atoms with Crippen LogP contribution in [0.15, 0.2) is 0 Å². The quantitative estimate of drug-likeness (QED) is 0.610. The van der Waals surface area contributed by atoms with Gasteiger partial charge in [-0.25, -0.2) is 0 Å². The minimum Gasteiger partial charge on any atom is -0.345 e. The van der Waals surface area contributed by atoms with Gasteiger partial charge in [0.1, 0.15) is 0 Å². The predicted octanol–water partition coefficient (Wildman–Crippen LogP) is 2.12. The molecule has 0 bridgehead atoms. The Labute approximate surface area is 79.9 Å². The lowest BCUT2D eigenvalue weighted by atomic mass is 10.0. The van der Waals surface area contributed by atoms with Gasteiger partial charge in [-0.15, -0.1) is 11.6 Å². The Morgan fingerprint density at radius 3 is 2.58 bits per heavy atom. The Hall–Kier alpha value is -0.240. The van der Waals surface area contributed by atoms with Crippen molar-refractivity contribution in [2.75, 3.05) is 19.5 Å². The summed E-state index contributed by atoms with van der Waals surface area (Å²) in [5.41, 5.74) is 0. The van der Waals surface area contributed by atoms with Crippen molar-refractivity contribution < 1.29 is 4.79 Å². The van der Waals surface area contributed by atoms with Gasteiger partial charge in [0, 0.05) is 25.9 Å². The molecule has 0 aliphatic heterocycles. The second-order valence-electron chi connectivity index (χ2n) is 3.22. The van der Waals surface area contributed by atoms with E-state index in [1.54, 1.807) is 11.9 Å². The first kappa shape index (κ1) is 11.8. The molecule has 12 heavy (non-hydrogen) atoms. The van der Waals surface area contributed by atoms with E-state index in [1.165, 1.54) is 0 Å². The van der Waals surface area contributed by atoms with Gasteiger partial charge in [-0.2, -0.15) is 0 Å². The van der Waals surface area contributed by atoms with Crippen LogP contribution in [0.25, 0.3) is 0 Å². The molecule has 0 N–H and O–H groups in total. The highest BCUT2D eigenvalue weighted by Crippen LogP contribution is 2.07. The lowest BCUT2D eigenvalue weighted by Crippen LogP contribution is -2.29. The highest BCUT2D eigenvalue weighted by atomic mass is 35.5. The van der Waals surface area contributed by atoms with Crippen molar-refractivity contribution in [3.05, 3.63) is 0 Å². The number of hydrogen-bond donors (Lipinski definition) is 0. The molecule has 0 saturated heterocycles. The van der Waals surface area contributed by atoms with Gasteiger partial charge in [0.2, 0.25) is 5.91 Å². The zero-order chi connectivity index (χ0) is 9.56. The fourth-order valence-corrected chi connectivity index (χ4v) is 1.10. The summed E-state index contributed by atoms with van der Waals surface area (Å²) < 4.78 is 0. The summed E-state index contributed by atoms with van der Waals surface area (Å²) in [6.07, 6.45) is 1.70. The number of halogens is 1. The molecule has 1 amide bonds. The Kier molecular flexibility index (Phi) is 6.17. The molecule has 0 aromatic heterocycles. The summed E-state index contributed by atoms with van der Waals surface area (Å²) in [5.74, 6) is 1.20. The van der Waals surface area contributed by atoms with Gasteiger partial charge in [0.15, 0.2) is 0 Å². The smallest absolute Gasteiger partial charge is 0.222 e. The van der Waals surface area contributed by atoms with Gasteiger partial charge in [0.25, 0.3) is 0 Å². The normalized spacial score (nSPS) is 12.7. The molecule has 0 fully saturated rings. The first-order valence-corrected chi connectivity index (χ1v) is 4.95. The Morgan fingerprint density at radius 2 is 2.17 bits per heavy atom. The molecule has 0 spiro atoms. The zero-order valence-corrected chi connectivity index (χ0v) is 8.90. The van der Waals surface area contributed by atoms with Crippen molar-refractivity contribution in [2.24, 2.45) is 5.92 Å². The maximum Gasteiger partial charge on any atom is 0.222 e. The van der Waals surface area contributed by atoms with Crippen LogP contribution in [0.2, 0.25) is 0 Å². The van der Waals surface area contributed by atoms with Gasteiger partial charge in [-0.05, 0) is 5.92 Å². The lowest BCUT2D eigenvalue weighted by molar-refractivity contribution is -0.130. The number of carbonyl (C=O) groups excluding carboxylic acids is 1. The molecule has 0 saturated carbocycles. The number of nitrogens with zero attached hydrogens (tertiary/aromatic N) is 1. The van der Waals surface area contributed by atoms with E-state index in [1.807, 2.05) is 0 Å². The van der Waals surface area contributed by atoms with Crippen LogP contribution < -0.4 is 0 Å². The summed E-state index contributed by atoms with van der Waals surface area (Å²) in [6, 6.07) is 0. The standard InChI is InChI=1S/C9H18ClNO/c1-4-8(2)7-9(12)11(3)6-5-10/h8H,4-7H2,1-3H3. The lowest BCUT2D eigenvalue weighted by Gasteiger charge is -2.17. The maximum atomic E-state index is 11.4. The van der Waals surface area contributed by atoms with E-state index in [2.05, 4.69) is 13.8 Å². The molecule has 0 aliphatic carbocycles. The van der Waals surface area contributed by atoms with Crippen molar-refractivity contribution in [3.63, 3.8) is 0 Å². The van der Waals surface area contributed by atoms with E-state index in [0.717, 1.165) is 6.42 Å². The van der Waals surface area contributed by atoms with Crippen molar-refractivity contribution in [1.29, 1.82) is 0 Å². The topological polar surface area (TPSA) is 20.3 Å². The zero-order valence-electron chi connectivity index (χ0n) is 8.14. The predicted molar refractivity (Wildman–Crippen MR) is 52.4 cm³/mol. The van der Waals surface area contributed by atoms with E-state index in [9.17, 15) is 4.79 Å². The van der Waals surface area contributed by atoms with Crippen molar-refractivity contribution in [2.45, 2.75) is 26.7 Å². The van der Waals surface area contributed by atoms with Crippen LogP contribution in [0.3, 0.4) is 0 Å². The van der Waals surface area contributed by atoms with Crippen LogP contribution in [0.4, 0.5) is 0 Å². The van der Waals surface area contributed by atoms with Crippen molar-refractivity contribution in [3.8, 4) is 0 Å². The summed E-state index contributed by atoms with van der Waals surface area (Å²) >= 11 is 5.52. The third-order valence-corrected chi connectivity index (χ3v) is 2.23. The van der Waals surface area contributed by atoms with Gasteiger partial charge in [-0.1, -0.05) is 20.3 Å². The number of rotatable bonds is 5. The number of hydrogen-bond acceptors (Lipinski definition) is 1. The average Bonchev–Trinajstić information content (AvgIpc) is 2.04. The third kappa shape index (κ3) is 4.60. The van der Waals surface area contributed by atoms with Crippen LogP contribution >= 0.6 is 11.6 Å². The summed E-state index contributed by atoms with van der Waals surface area (Å²) in [7, 11) is 1.80. The highest BCUT2D eigenvalue weighted by Gasteiger charge is 2.10. The SMILES string of the molecule is CCC(C)CC(=O)N(C)CCCl. The van der Waals surface area contributed by atoms with E-state index in [0.29, 0.717) is 24.8 Å². The largest absolute Gasteiger partial charge is 0.345 e. The fraction of sp³-hybridized carbons (Fsp3) is 0.889. The molecular formula is C9H18ClNO. The first-order valence-electron chi connectivity index (χ1n) is 4.41. The summed E-state index contributed by atoms with van der Waals surface area (Å²) in [4.78, 5) is 13.1. The molecule has 3 heteroatoms. The van der Waals surface area contributed by atoms with Crippen molar-refractivity contribution >= 4 is 17.5 Å². The molecule has 72 valence electrons. The average molecular weight is 192 g/mol. The van der Waals surface area contributed by atoms with Crippen molar-refractivity contribution in [1.82, 2.24) is 4.90 Å². The van der Waals surface area contributed by atoms with Gasteiger partial charge in [0.05, 0.1) is 0 Å². The monoisotopic (exact) mass is 191 g/mol. The van der Waals surface area contributed by atoms with Crippen LogP contribution in [-0.4, -0.2) is 30.3 Å². The van der Waals surface area contributed by atoms with Crippen LogP contribution in [0.1, 0.15) is 26.7 Å². The number of alkyl halides is 1. The second kappa shape index (κ2) is 6.30. The van der Waals surface area contributed by atoms with E-state index in [4.69, 9.17) is 11.6 Å². The van der Waals surface area contributed by atoms with Crippen LogP contribution in [0.5, 0.6) is 0 Å². The van der Waals surface area contributed by atoms with Gasteiger partial charge < -0.3 is 4.90 Å². The van der Waals surface area contributed by atoms with Gasteiger partial charge >= 0.3 is 0 Å². The molecule has 1 atom stereocenters. The maximum absolute atomic E-state index is 11.4. The molecule has 0 rings (SSSR count). The third-order valence-electron chi connectivity index (χ3n) is 2.07. The molecule has 0 aliphatic rings. The minimum absolute atomic E-state index is 0.199. The van der Waals surface area contributed by atoms with Gasteiger partial charge in [-0.3, -0.25) is 4.79 Å². The number of amides is 1.